The third-order valence-corrected chi connectivity index (χ3v) is 6.69. The van der Waals surface area contributed by atoms with Crippen molar-refractivity contribution in [2.45, 2.75) is 24.4 Å². The third-order valence-electron chi connectivity index (χ3n) is 5.14. The number of carbonyl (C=O) groups excluding carboxylic acids is 1. The Kier molecular flexibility index (Phi) is 7.70. The van der Waals surface area contributed by atoms with Crippen LogP contribution in [0.2, 0.25) is 10.0 Å². The molecule has 0 atom stereocenters. The molecule has 0 aliphatic heterocycles. The van der Waals surface area contributed by atoms with Gasteiger partial charge in [0, 0.05) is 22.9 Å². The molecule has 0 aliphatic rings. The molecule has 1 amide bonds. The van der Waals surface area contributed by atoms with Crippen molar-refractivity contribution in [3.8, 4) is 5.69 Å². The van der Waals surface area contributed by atoms with Crippen molar-refractivity contribution in [1.29, 1.82) is 0 Å². The van der Waals surface area contributed by atoms with Crippen LogP contribution in [0.3, 0.4) is 0 Å². The van der Waals surface area contributed by atoms with Crippen LogP contribution < -0.4 is 5.32 Å². The molecule has 0 saturated heterocycles. The number of aromatic nitrogens is 3. The number of amides is 1. The number of benzene rings is 3. The summed E-state index contributed by atoms with van der Waals surface area (Å²) in [7, 11) is 0. The van der Waals surface area contributed by atoms with Crippen LogP contribution in [0.1, 0.15) is 27.3 Å². The lowest BCUT2D eigenvalue weighted by Gasteiger charge is -2.14. The lowest BCUT2D eigenvalue weighted by molar-refractivity contribution is -0.384. The number of rotatable bonds is 8. The lowest BCUT2D eigenvalue weighted by atomic mass is 10.2. The van der Waals surface area contributed by atoms with Gasteiger partial charge in [-0.25, -0.2) is 0 Å². The molecular formula is C24H19Cl2N5O3S. The SMILES string of the molecule is Cc1ccc(Cl)cc1-n1c(CNC(=O)c2ccc([N+](=O)[O-])cc2Cl)nnc1SCc1ccccc1. The Morgan fingerprint density at radius 3 is 2.57 bits per heavy atom. The largest absolute Gasteiger partial charge is 0.345 e. The molecule has 1 heterocycles. The zero-order chi connectivity index (χ0) is 24.9. The van der Waals surface area contributed by atoms with Crippen molar-refractivity contribution in [1.82, 2.24) is 20.1 Å². The van der Waals surface area contributed by atoms with Crippen molar-refractivity contribution in [2.75, 3.05) is 0 Å². The maximum Gasteiger partial charge on any atom is 0.270 e. The molecule has 0 unspecified atom stereocenters. The van der Waals surface area contributed by atoms with Crippen LogP contribution in [0.15, 0.2) is 71.9 Å². The first kappa shape index (κ1) is 24.7. The van der Waals surface area contributed by atoms with E-state index in [0.29, 0.717) is 21.8 Å². The van der Waals surface area contributed by atoms with Crippen LogP contribution in [-0.2, 0) is 12.3 Å². The number of nitro benzene ring substituents is 1. The van der Waals surface area contributed by atoms with Crippen molar-refractivity contribution in [2.24, 2.45) is 0 Å². The zero-order valence-corrected chi connectivity index (χ0v) is 20.8. The summed E-state index contributed by atoms with van der Waals surface area (Å²) in [5.74, 6) is 0.696. The summed E-state index contributed by atoms with van der Waals surface area (Å²) >= 11 is 13.9. The normalized spacial score (nSPS) is 10.8. The molecule has 4 aromatic rings. The number of non-ortho nitro benzene ring substituents is 1. The van der Waals surface area contributed by atoms with Gasteiger partial charge in [0.15, 0.2) is 11.0 Å². The van der Waals surface area contributed by atoms with Gasteiger partial charge in [-0.05, 0) is 36.2 Å². The van der Waals surface area contributed by atoms with E-state index in [9.17, 15) is 14.9 Å². The van der Waals surface area contributed by atoms with Crippen LogP contribution in [-0.4, -0.2) is 25.6 Å². The first-order chi connectivity index (χ1) is 16.8. The molecule has 35 heavy (non-hydrogen) atoms. The minimum absolute atomic E-state index is 0.0111. The Bertz CT molecular complexity index is 1400. The predicted octanol–water partition coefficient (Wildman–Crippen LogP) is 6.01. The van der Waals surface area contributed by atoms with Crippen molar-refractivity contribution >= 4 is 46.6 Å². The molecule has 3 aromatic carbocycles. The van der Waals surface area contributed by atoms with Gasteiger partial charge in [-0.3, -0.25) is 19.5 Å². The lowest BCUT2D eigenvalue weighted by Crippen LogP contribution is -2.25. The summed E-state index contributed by atoms with van der Waals surface area (Å²) in [6.07, 6.45) is 0. The van der Waals surface area contributed by atoms with Gasteiger partial charge in [-0.2, -0.15) is 0 Å². The Morgan fingerprint density at radius 1 is 1.09 bits per heavy atom. The van der Waals surface area contributed by atoms with E-state index in [2.05, 4.69) is 15.5 Å². The van der Waals surface area contributed by atoms with Crippen LogP contribution in [0.5, 0.6) is 0 Å². The second-order valence-corrected chi connectivity index (χ2v) is 9.33. The van der Waals surface area contributed by atoms with Gasteiger partial charge >= 0.3 is 0 Å². The number of thioether (sulfide) groups is 1. The van der Waals surface area contributed by atoms with E-state index in [1.807, 2.05) is 54.0 Å². The van der Waals surface area contributed by atoms with E-state index >= 15 is 0 Å². The molecule has 0 aliphatic carbocycles. The molecule has 0 spiro atoms. The summed E-state index contributed by atoms with van der Waals surface area (Å²) < 4.78 is 1.87. The molecule has 1 aromatic heterocycles. The van der Waals surface area contributed by atoms with E-state index in [4.69, 9.17) is 23.2 Å². The van der Waals surface area contributed by atoms with Gasteiger partial charge in [0.25, 0.3) is 11.6 Å². The predicted molar refractivity (Wildman–Crippen MR) is 136 cm³/mol. The van der Waals surface area contributed by atoms with Crippen LogP contribution in [0, 0.1) is 17.0 Å². The summed E-state index contributed by atoms with van der Waals surface area (Å²) in [6, 6.07) is 19.2. The fourth-order valence-corrected chi connectivity index (χ4v) is 4.70. The van der Waals surface area contributed by atoms with Crippen molar-refractivity contribution in [3.05, 3.63) is 109 Å². The zero-order valence-electron chi connectivity index (χ0n) is 18.4. The maximum atomic E-state index is 12.8. The standard InChI is InChI=1S/C24H19Cl2N5O3S/c1-15-7-8-17(25)11-21(15)30-22(28-29-24(30)35-14-16-5-3-2-4-6-16)13-27-23(32)19-10-9-18(31(33)34)12-20(19)26/h2-12H,13-14H2,1H3,(H,27,32). The highest BCUT2D eigenvalue weighted by molar-refractivity contribution is 7.98. The van der Waals surface area contributed by atoms with Gasteiger partial charge in [-0.1, -0.05) is 71.4 Å². The monoisotopic (exact) mass is 527 g/mol. The third kappa shape index (κ3) is 5.82. The van der Waals surface area contributed by atoms with Gasteiger partial charge in [0.2, 0.25) is 0 Å². The van der Waals surface area contributed by atoms with Gasteiger partial charge in [0.1, 0.15) is 0 Å². The second-order valence-electron chi connectivity index (χ2n) is 7.54. The van der Waals surface area contributed by atoms with Crippen LogP contribution >= 0.6 is 35.0 Å². The highest BCUT2D eigenvalue weighted by atomic mass is 35.5. The van der Waals surface area contributed by atoms with Crippen LogP contribution in [0.25, 0.3) is 5.69 Å². The Labute approximate surface area is 215 Å². The van der Waals surface area contributed by atoms with Crippen molar-refractivity contribution < 1.29 is 9.72 Å². The molecule has 4 rings (SSSR count). The molecule has 0 bridgehead atoms. The summed E-state index contributed by atoms with van der Waals surface area (Å²) in [5.41, 5.74) is 2.83. The highest BCUT2D eigenvalue weighted by Gasteiger charge is 2.19. The first-order valence-electron chi connectivity index (χ1n) is 10.4. The molecule has 0 fully saturated rings. The number of hydrogen-bond donors (Lipinski definition) is 1. The molecule has 178 valence electrons. The minimum Gasteiger partial charge on any atom is -0.345 e. The topological polar surface area (TPSA) is 103 Å². The first-order valence-corrected chi connectivity index (χ1v) is 12.2. The molecule has 1 N–H and O–H groups in total. The Balaban J connectivity index is 1.60. The van der Waals surface area contributed by atoms with E-state index in [1.165, 1.54) is 23.9 Å². The Morgan fingerprint density at radius 2 is 1.86 bits per heavy atom. The summed E-state index contributed by atoms with van der Waals surface area (Å²) in [6.45, 7) is 2.01. The molecule has 11 heteroatoms. The van der Waals surface area contributed by atoms with Crippen LogP contribution in [0.4, 0.5) is 5.69 Å². The van der Waals surface area contributed by atoms with E-state index in [0.717, 1.165) is 22.9 Å². The number of nitrogens with zero attached hydrogens (tertiary/aromatic N) is 4. The molecule has 0 saturated carbocycles. The second kappa shape index (κ2) is 10.9. The molecule has 8 nitrogen and oxygen atoms in total. The van der Waals surface area contributed by atoms with Crippen molar-refractivity contribution in [3.63, 3.8) is 0 Å². The minimum atomic E-state index is -0.571. The average molecular weight is 528 g/mol. The molecular weight excluding hydrogens is 509 g/mol. The number of nitrogens with one attached hydrogen (secondary N) is 1. The number of nitro groups is 1. The van der Waals surface area contributed by atoms with Gasteiger partial charge < -0.3 is 5.32 Å². The number of aryl methyl sites for hydroxylation is 1. The summed E-state index contributed by atoms with van der Waals surface area (Å²) in [5, 5.41) is 23.6. The number of carbonyl (C=O) groups is 1. The molecule has 0 radical (unpaired) electrons. The fourth-order valence-electron chi connectivity index (χ4n) is 3.35. The smallest absolute Gasteiger partial charge is 0.270 e. The number of hydrogen-bond acceptors (Lipinski definition) is 6. The quantitative estimate of drug-likeness (QED) is 0.171. The fraction of sp³-hybridized carbons (Fsp3) is 0.125. The Hall–Kier alpha value is -3.40. The summed E-state index contributed by atoms with van der Waals surface area (Å²) in [4.78, 5) is 23.1. The van der Waals surface area contributed by atoms with Gasteiger partial charge in [0.05, 0.1) is 27.7 Å². The average Bonchev–Trinajstić information content (AvgIpc) is 3.25. The van der Waals surface area contributed by atoms with E-state index in [-0.39, 0.29) is 22.8 Å². The van der Waals surface area contributed by atoms with E-state index in [1.54, 1.807) is 6.07 Å². The maximum absolute atomic E-state index is 12.8. The highest BCUT2D eigenvalue weighted by Crippen LogP contribution is 2.29. The van der Waals surface area contributed by atoms with E-state index < -0.39 is 10.8 Å². The van der Waals surface area contributed by atoms with Gasteiger partial charge in [-0.15, -0.1) is 10.2 Å². The number of halogens is 2.